The fraction of sp³-hybridized carbons (Fsp3) is 0.316. The Bertz CT molecular complexity index is 922. The normalized spacial score (nSPS) is 15.1. The smallest absolute Gasteiger partial charge is 0.244 e. The molecule has 25 heavy (non-hydrogen) atoms. The molecule has 132 valence electrons. The number of anilines is 1. The van der Waals surface area contributed by atoms with Crippen LogP contribution in [0.3, 0.4) is 0 Å². The maximum absolute atomic E-state index is 12.8. The van der Waals surface area contributed by atoms with E-state index in [2.05, 4.69) is 4.72 Å². The Balaban J connectivity index is 1.81. The molecule has 0 radical (unpaired) electrons. The van der Waals surface area contributed by atoms with Gasteiger partial charge in [0.15, 0.2) is 0 Å². The van der Waals surface area contributed by atoms with Crippen molar-refractivity contribution in [2.75, 3.05) is 11.4 Å². The monoisotopic (exact) mass is 358 g/mol. The Morgan fingerprint density at radius 2 is 1.88 bits per heavy atom. The number of hydrogen-bond acceptors (Lipinski definition) is 3. The Labute approximate surface area is 148 Å². The fourth-order valence-electron chi connectivity index (χ4n) is 3.14. The second kappa shape index (κ2) is 6.61. The largest absolute Gasteiger partial charge is 0.310 e. The van der Waals surface area contributed by atoms with Gasteiger partial charge in [-0.15, -0.1) is 0 Å². The molecule has 0 aliphatic carbocycles. The molecular formula is C19H22N2O3S. The number of sulfonamides is 1. The molecule has 1 atom stereocenters. The summed E-state index contributed by atoms with van der Waals surface area (Å²) in [4.78, 5) is 14.6. The summed E-state index contributed by atoms with van der Waals surface area (Å²) in [6, 6.07) is 12.1. The van der Waals surface area contributed by atoms with Gasteiger partial charge in [0.05, 0.1) is 10.9 Å². The van der Waals surface area contributed by atoms with Crippen LogP contribution >= 0.6 is 0 Å². The third-order valence-electron chi connectivity index (χ3n) is 4.49. The molecule has 2 aromatic rings. The average Bonchev–Trinajstić information content (AvgIpc) is 2.99. The van der Waals surface area contributed by atoms with Crippen LogP contribution in [0.25, 0.3) is 0 Å². The van der Waals surface area contributed by atoms with E-state index in [4.69, 9.17) is 0 Å². The number of carbonyl (C=O) groups is 1. The van der Waals surface area contributed by atoms with Crippen molar-refractivity contribution in [2.24, 2.45) is 0 Å². The Hall–Kier alpha value is -2.18. The van der Waals surface area contributed by atoms with Crippen LogP contribution in [0.1, 0.15) is 23.6 Å². The van der Waals surface area contributed by atoms with Crippen LogP contribution < -0.4 is 9.62 Å². The number of nitrogens with one attached hydrogen (secondary N) is 1. The van der Waals surface area contributed by atoms with Gasteiger partial charge in [-0.1, -0.05) is 30.3 Å². The van der Waals surface area contributed by atoms with E-state index in [1.807, 2.05) is 37.3 Å². The molecule has 5 nitrogen and oxygen atoms in total. The Morgan fingerprint density at radius 1 is 1.16 bits per heavy atom. The summed E-state index contributed by atoms with van der Waals surface area (Å²) in [5, 5.41) is 0. The van der Waals surface area contributed by atoms with E-state index >= 15 is 0 Å². The minimum absolute atomic E-state index is 0.217. The SMILES string of the molecule is Cc1ccc(C)c(S(=O)(=O)N[C@@H](C)C(=O)N2CCc3ccccc32)c1. The van der Waals surface area contributed by atoms with Crippen LogP contribution in [-0.4, -0.2) is 26.9 Å². The van der Waals surface area contributed by atoms with E-state index in [0.29, 0.717) is 12.1 Å². The van der Waals surface area contributed by atoms with Crippen LogP contribution in [0.5, 0.6) is 0 Å². The van der Waals surface area contributed by atoms with Gasteiger partial charge in [-0.05, 0) is 56.0 Å². The number of para-hydroxylation sites is 1. The lowest BCUT2D eigenvalue weighted by atomic mass is 10.2. The van der Waals surface area contributed by atoms with Crippen molar-refractivity contribution >= 4 is 21.6 Å². The molecule has 1 amide bonds. The summed E-state index contributed by atoms with van der Waals surface area (Å²) in [6.07, 6.45) is 0.790. The van der Waals surface area contributed by atoms with Crippen LogP contribution in [0.4, 0.5) is 5.69 Å². The van der Waals surface area contributed by atoms with Crippen molar-refractivity contribution in [1.82, 2.24) is 4.72 Å². The zero-order valence-corrected chi connectivity index (χ0v) is 15.4. The molecule has 3 rings (SSSR count). The summed E-state index contributed by atoms with van der Waals surface area (Å²) < 4.78 is 27.9. The molecule has 0 bridgehead atoms. The maximum atomic E-state index is 12.8. The summed E-state index contributed by atoms with van der Waals surface area (Å²) >= 11 is 0. The first-order chi connectivity index (χ1) is 11.8. The van der Waals surface area contributed by atoms with Crippen LogP contribution in [0.2, 0.25) is 0 Å². The molecule has 6 heteroatoms. The minimum Gasteiger partial charge on any atom is -0.310 e. The van der Waals surface area contributed by atoms with Gasteiger partial charge in [-0.2, -0.15) is 4.72 Å². The number of fused-ring (bicyclic) bond motifs is 1. The lowest BCUT2D eigenvalue weighted by Gasteiger charge is -2.22. The minimum atomic E-state index is -3.76. The number of nitrogens with zero attached hydrogens (tertiary/aromatic N) is 1. The maximum Gasteiger partial charge on any atom is 0.244 e. The number of rotatable bonds is 4. The highest BCUT2D eigenvalue weighted by Gasteiger charge is 2.30. The van der Waals surface area contributed by atoms with E-state index in [0.717, 1.165) is 23.2 Å². The fourth-order valence-corrected chi connectivity index (χ4v) is 4.67. The molecule has 0 aromatic heterocycles. The first kappa shape index (κ1) is 17.6. The van der Waals surface area contributed by atoms with Gasteiger partial charge >= 0.3 is 0 Å². The van der Waals surface area contributed by atoms with E-state index in [1.165, 1.54) is 0 Å². The number of hydrogen-bond donors (Lipinski definition) is 1. The van der Waals surface area contributed by atoms with Gasteiger partial charge in [0.2, 0.25) is 15.9 Å². The van der Waals surface area contributed by atoms with Gasteiger partial charge in [0.25, 0.3) is 0 Å². The predicted molar refractivity (Wildman–Crippen MR) is 98.2 cm³/mol. The molecule has 1 aliphatic heterocycles. The second-order valence-corrected chi connectivity index (χ2v) is 8.16. The van der Waals surface area contributed by atoms with E-state index in [9.17, 15) is 13.2 Å². The number of aryl methyl sites for hydroxylation is 2. The highest BCUT2D eigenvalue weighted by Crippen LogP contribution is 2.28. The number of benzene rings is 2. The molecule has 1 aliphatic rings. The van der Waals surface area contributed by atoms with Crippen molar-refractivity contribution in [1.29, 1.82) is 0 Å². The molecule has 0 spiro atoms. The quantitative estimate of drug-likeness (QED) is 0.913. The zero-order valence-electron chi connectivity index (χ0n) is 14.6. The van der Waals surface area contributed by atoms with Crippen molar-refractivity contribution in [3.05, 3.63) is 59.2 Å². The topological polar surface area (TPSA) is 66.5 Å². The third-order valence-corrected chi connectivity index (χ3v) is 6.17. The van der Waals surface area contributed by atoms with Gasteiger partial charge < -0.3 is 4.90 Å². The molecule has 0 saturated carbocycles. The first-order valence-corrected chi connectivity index (χ1v) is 9.77. The molecule has 0 fully saturated rings. The Morgan fingerprint density at radius 3 is 2.64 bits per heavy atom. The van der Waals surface area contributed by atoms with Crippen LogP contribution in [0, 0.1) is 13.8 Å². The summed E-state index contributed by atoms with van der Waals surface area (Å²) in [7, 11) is -3.76. The van der Waals surface area contributed by atoms with Crippen molar-refractivity contribution in [3.8, 4) is 0 Å². The zero-order chi connectivity index (χ0) is 18.2. The summed E-state index contributed by atoms with van der Waals surface area (Å²) in [5.74, 6) is -0.237. The van der Waals surface area contributed by atoms with Gasteiger partial charge in [-0.25, -0.2) is 8.42 Å². The third kappa shape index (κ3) is 3.45. The second-order valence-electron chi connectivity index (χ2n) is 6.48. The molecular weight excluding hydrogens is 336 g/mol. The predicted octanol–water partition coefficient (Wildman–Crippen LogP) is 2.56. The number of amides is 1. The van der Waals surface area contributed by atoms with Gasteiger partial charge in [0, 0.05) is 12.2 Å². The lowest BCUT2D eigenvalue weighted by Crippen LogP contribution is -2.46. The highest BCUT2D eigenvalue weighted by molar-refractivity contribution is 7.89. The van der Waals surface area contributed by atoms with Gasteiger partial charge in [0.1, 0.15) is 0 Å². The van der Waals surface area contributed by atoms with Crippen molar-refractivity contribution < 1.29 is 13.2 Å². The van der Waals surface area contributed by atoms with E-state index < -0.39 is 16.1 Å². The lowest BCUT2D eigenvalue weighted by molar-refractivity contribution is -0.119. The molecule has 0 unspecified atom stereocenters. The molecule has 1 N–H and O–H groups in total. The van der Waals surface area contributed by atoms with Crippen molar-refractivity contribution in [3.63, 3.8) is 0 Å². The Kier molecular flexibility index (Phi) is 4.67. The van der Waals surface area contributed by atoms with E-state index in [-0.39, 0.29) is 10.8 Å². The van der Waals surface area contributed by atoms with Gasteiger partial charge in [-0.3, -0.25) is 4.79 Å². The molecule has 0 saturated heterocycles. The molecule has 1 heterocycles. The standard InChI is InChI=1S/C19H22N2O3S/c1-13-8-9-14(2)18(12-13)25(23,24)20-15(3)19(22)21-11-10-16-6-4-5-7-17(16)21/h4-9,12,15,20H,10-11H2,1-3H3/t15-/m0/s1. The first-order valence-electron chi connectivity index (χ1n) is 8.28. The van der Waals surface area contributed by atoms with E-state index in [1.54, 1.807) is 30.9 Å². The summed E-state index contributed by atoms with van der Waals surface area (Å²) in [6.45, 7) is 5.76. The molecule has 2 aromatic carbocycles. The van der Waals surface area contributed by atoms with Crippen LogP contribution in [0.15, 0.2) is 47.4 Å². The van der Waals surface area contributed by atoms with Crippen molar-refractivity contribution in [2.45, 2.75) is 38.1 Å². The number of carbonyl (C=O) groups excluding carboxylic acids is 1. The van der Waals surface area contributed by atoms with Crippen LogP contribution in [-0.2, 0) is 21.2 Å². The average molecular weight is 358 g/mol. The highest BCUT2D eigenvalue weighted by atomic mass is 32.2. The summed E-state index contributed by atoms with van der Waals surface area (Å²) in [5.41, 5.74) is 3.49.